The number of para-hydroxylation sites is 1. The molecule has 0 saturated carbocycles. The van der Waals surface area contributed by atoms with Gasteiger partial charge in [-0.15, -0.1) is 0 Å². The fraction of sp³-hybridized carbons (Fsp3) is 0.312. The van der Waals surface area contributed by atoms with Crippen LogP contribution in [-0.4, -0.2) is 44.7 Å². The van der Waals surface area contributed by atoms with E-state index in [1.807, 2.05) is 0 Å². The van der Waals surface area contributed by atoms with E-state index in [4.69, 9.17) is 0 Å². The summed E-state index contributed by atoms with van der Waals surface area (Å²) in [5.74, 6) is -2.32. The molecule has 126 valence electrons. The zero-order chi connectivity index (χ0) is 17.4. The number of aromatic nitrogens is 2. The van der Waals surface area contributed by atoms with Gasteiger partial charge in [-0.1, -0.05) is 6.07 Å². The second-order valence-electron chi connectivity index (χ2n) is 5.75. The average Bonchev–Trinajstić information content (AvgIpc) is 3.06. The zero-order valence-electron chi connectivity index (χ0n) is 13.2. The molecule has 3 rings (SSSR count). The number of phenolic OH excluding ortho intramolecular Hbond substituents is 1. The predicted octanol–water partition coefficient (Wildman–Crippen LogP) is 0.967. The van der Waals surface area contributed by atoms with Crippen molar-refractivity contribution in [2.24, 2.45) is 7.05 Å². The van der Waals surface area contributed by atoms with Gasteiger partial charge in [-0.05, 0) is 18.2 Å². The number of amides is 2. The number of carbonyl (C=O) groups is 2. The number of phenols is 1. The number of likely N-dealkylation sites (N-methyl/N-ethyl adjacent to an activating group) is 1. The summed E-state index contributed by atoms with van der Waals surface area (Å²) in [7, 11) is 3.41. The summed E-state index contributed by atoms with van der Waals surface area (Å²) < 4.78 is 15.1. The number of nitrogens with zero attached hydrogens (tertiary/aromatic N) is 3. The number of likely N-dealkylation sites (tertiary alicyclic amines) is 1. The molecule has 1 aliphatic heterocycles. The van der Waals surface area contributed by atoms with Crippen LogP contribution in [0.5, 0.6) is 5.75 Å². The summed E-state index contributed by atoms with van der Waals surface area (Å²) in [4.78, 5) is 26.0. The number of rotatable bonds is 3. The minimum Gasteiger partial charge on any atom is -0.504 e. The lowest BCUT2D eigenvalue weighted by Crippen LogP contribution is -2.39. The Bertz CT molecular complexity index is 804. The maximum Gasteiger partial charge on any atom is 0.255 e. The van der Waals surface area contributed by atoms with E-state index in [0.717, 1.165) is 11.8 Å². The Morgan fingerprint density at radius 2 is 2.12 bits per heavy atom. The molecule has 2 atom stereocenters. The summed E-state index contributed by atoms with van der Waals surface area (Å²) in [5.41, 5.74) is 0.609. The van der Waals surface area contributed by atoms with E-state index >= 15 is 0 Å². The molecule has 2 N–H and O–H groups in total. The first kappa shape index (κ1) is 16.0. The number of hydrogen-bond acceptors (Lipinski definition) is 4. The Kier molecular flexibility index (Phi) is 3.96. The Labute approximate surface area is 137 Å². The number of halogens is 1. The fourth-order valence-electron chi connectivity index (χ4n) is 3.02. The van der Waals surface area contributed by atoms with E-state index in [1.165, 1.54) is 12.1 Å². The van der Waals surface area contributed by atoms with Crippen LogP contribution in [0.25, 0.3) is 0 Å². The van der Waals surface area contributed by atoms with Crippen LogP contribution in [0.2, 0.25) is 0 Å². The third-order valence-corrected chi connectivity index (χ3v) is 4.30. The lowest BCUT2D eigenvalue weighted by Gasteiger charge is -2.25. The number of nitrogens with one attached hydrogen (secondary N) is 1. The second kappa shape index (κ2) is 5.95. The Morgan fingerprint density at radius 3 is 2.79 bits per heavy atom. The van der Waals surface area contributed by atoms with E-state index in [-0.39, 0.29) is 23.9 Å². The molecule has 7 nitrogen and oxygen atoms in total. The standard InChI is InChI=1S/C16H17FN4O3/c1-20-13(22)8-11(14(20)12-6-7-18-21(12)2)19-16(24)9-4-3-5-10(17)15(9)23/h3-7,11,14,23H,8H2,1-2H3,(H,19,24)/t11-,14-/m1/s1. The first-order valence-electron chi connectivity index (χ1n) is 7.42. The molecule has 0 unspecified atom stereocenters. The van der Waals surface area contributed by atoms with Gasteiger partial charge in [-0.25, -0.2) is 4.39 Å². The molecule has 1 aliphatic rings. The minimum atomic E-state index is -0.870. The number of benzene rings is 1. The largest absolute Gasteiger partial charge is 0.504 e. The highest BCUT2D eigenvalue weighted by atomic mass is 19.1. The van der Waals surface area contributed by atoms with Crippen molar-refractivity contribution in [2.75, 3.05) is 7.05 Å². The molecule has 8 heteroatoms. The molecule has 0 spiro atoms. The lowest BCUT2D eigenvalue weighted by molar-refractivity contribution is -0.127. The van der Waals surface area contributed by atoms with Crippen LogP contribution in [-0.2, 0) is 11.8 Å². The zero-order valence-corrected chi connectivity index (χ0v) is 13.2. The summed E-state index contributed by atoms with van der Waals surface area (Å²) in [6.07, 6.45) is 1.73. The summed E-state index contributed by atoms with van der Waals surface area (Å²) in [6.45, 7) is 0. The molecule has 0 radical (unpaired) electrons. The number of hydrogen-bond donors (Lipinski definition) is 2. The number of aryl methyl sites for hydroxylation is 1. The van der Waals surface area contributed by atoms with Crippen molar-refractivity contribution in [2.45, 2.75) is 18.5 Å². The van der Waals surface area contributed by atoms with Crippen molar-refractivity contribution in [3.63, 3.8) is 0 Å². The van der Waals surface area contributed by atoms with Gasteiger partial charge in [0.25, 0.3) is 5.91 Å². The van der Waals surface area contributed by atoms with Crippen molar-refractivity contribution in [1.82, 2.24) is 20.0 Å². The normalized spacial score (nSPS) is 20.5. The van der Waals surface area contributed by atoms with Crippen molar-refractivity contribution in [1.29, 1.82) is 0 Å². The molecule has 2 heterocycles. The fourth-order valence-corrected chi connectivity index (χ4v) is 3.02. The Balaban J connectivity index is 1.88. The molecule has 2 amide bonds. The van der Waals surface area contributed by atoms with Crippen molar-refractivity contribution >= 4 is 11.8 Å². The third kappa shape index (κ3) is 2.60. The van der Waals surface area contributed by atoms with Crippen LogP contribution in [0, 0.1) is 5.82 Å². The first-order chi connectivity index (χ1) is 11.4. The Morgan fingerprint density at radius 1 is 1.38 bits per heavy atom. The number of carbonyl (C=O) groups excluding carboxylic acids is 2. The van der Waals surface area contributed by atoms with Gasteiger partial charge < -0.3 is 15.3 Å². The highest BCUT2D eigenvalue weighted by Gasteiger charge is 2.41. The van der Waals surface area contributed by atoms with Gasteiger partial charge >= 0.3 is 0 Å². The molecule has 1 saturated heterocycles. The Hall–Kier alpha value is -2.90. The average molecular weight is 332 g/mol. The molecular formula is C16H17FN4O3. The van der Waals surface area contributed by atoms with E-state index in [9.17, 15) is 19.1 Å². The first-order valence-corrected chi connectivity index (χ1v) is 7.42. The van der Waals surface area contributed by atoms with E-state index in [0.29, 0.717) is 0 Å². The molecule has 1 fully saturated rings. The highest BCUT2D eigenvalue weighted by molar-refractivity contribution is 5.97. The summed E-state index contributed by atoms with van der Waals surface area (Å²) in [6, 6.07) is 4.62. The third-order valence-electron chi connectivity index (χ3n) is 4.30. The van der Waals surface area contributed by atoms with Crippen molar-refractivity contribution in [3.05, 3.63) is 47.5 Å². The van der Waals surface area contributed by atoms with Gasteiger partial charge in [0.05, 0.1) is 23.3 Å². The van der Waals surface area contributed by atoms with Crippen LogP contribution in [0.1, 0.15) is 28.5 Å². The second-order valence-corrected chi connectivity index (χ2v) is 5.75. The molecule has 1 aromatic heterocycles. The highest BCUT2D eigenvalue weighted by Crippen LogP contribution is 2.32. The van der Waals surface area contributed by atoms with Crippen molar-refractivity contribution in [3.8, 4) is 5.75 Å². The predicted molar refractivity (Wildman–Crippen MR) is 82.7 cm³/mol. The van der Waals surface area contributed by atoms with Gasteiger partial charge in [0.1, 0.15) is 0 Å². The molecule has 1 aromatic carbocycles. The van der Waals surface area contributed by atoms with Crippen LogP contribution >= 0.6 is 0 Å². The SMILES string of the molecule is CN1C(=O)C[C@@H](NC(=O)c2cccc(F)c2O)[C@@H]1c1ccnn1C. The van der Waals surface area contributed by atoms with Gasteiger partial charge in [0.2, 0.25) is 5.91 Å². The molecule has 0 aliphatic carbocycles. The van der Waals surface area contributed by atoms with Gasteiger partial charge in [0, 0.05) is 26.7 Å². The van der Waals surface area contributed by atoms with Crippen LogP contribution in [0.4, 0.5) is 4.39 Å². The maximum atomic E-state index is 13.4. The summed E-state index contributed by atoms with van der Waals surface area (Å²) in [5, 5.41) is 16.5. The van der Waals surface area contributed by atoms with Crippen LogP contribution < -0.4 is 5.32 Å². The van der Waals surface area contributed by atoms with Gasteiger partial charge in [-0.2, -0.15) is 5.10 Å². The monoisotopic (exact) mass is 332 g/mol. The summed E-state index contributed by atoms with van der Waals surface area (Å²) >= 11 is 0. The quantitative estimate of drug-likeness (QED) is 0.877. The van der Waals surface area contributed by atoms with Crippen LogP contribution in [0.15, 0.2) is 30.5 Å². The van der Waals surface area contributed by atoms with Crippen molar-refractivity contribution < 1.29 is 19.1 Å². The van der Waals surface area contributed by atoms with E-state index < -0.39 is 23.5 Å². The van der Waals surface area contributed by atoms with E-state index in [2.05, 4.69) is 10.4 Å². The van der Waals surface area contributed by atoms with Crippen LogP contribution in [0.3, 0.4) is 0 Å². The molecule has 0 bridgehead atoms. The van der Waals surface area contributed by atoms with E-state index in [1.54, 1.807) is 35.9 Å². The minimum absolute atomic E-state index is 0.116. The smallest absolute Gasteiger partial charge is 0.255 e. The lowest BCUT2D eigenvalue weighted by atomic mass is 10.0. The number of aromatic hydroxyl groups is 1. The molecule has 24 heavy (non-hydrogen) atoms. The molecule has 2 aromatic rings. The van der Waals surface area contributed by atoms with Gasteiger partial charge in [-0.3, -0.25) is 14.3 Å². The maximum absolute atomic E-state index is 13.4. The topological polar surface area (TPSA) is 87.5 Å². The van der Waals surface area contributed by atoms with Gasteiger partial charge in [0.15, 0.2) is 11.6 Å². The molecular weight excluding hydrogens is 315 g/mol.